The Morgan fingerprint density at radius 3 is 2.59 bits per heavy atom. The zero-order valence-corrected chi connectivity index (χ0v) is 12.6. The van der Waals surface area contributed by atoms with Crippen LogP contribution in [-0.4, -0.2) is 23.6 Å². The van der Waals surface area contributed by atoms with Crippen LogP contribution in [0.4, 0.5) is 0 Å². The van der Waals surface area contributed by atoms with Crippen molar-refractivity contribution in [2.24, 2.45) is 17.8 Å². The fourth-order valence-corrected chi connectivity index (χ4v) is 2.96. The molecule has 0 spiro atoms. The lowest BCUT2D eigenvalue weighted by Crippen LogP contribution is -2.28. The number of carboxylic acid groups (broad SMARTS) is 1. The van der Waals surface area contributed by atoms with E-state index >= 15 is 0 Å². The maximum atomic E-state index is 12.2. The van der Waals surface area contributed by atoms with Crippen LogP contribution in [0.2, 0.25) is 0 Å². The number of hydrogen-bond donors (Lipinski definition) is 2. The Kier molecular flexibility index (Phi) is 4.05. The number of hydrogen-bond acceptors (Lipinski definition) is 3. The lowest BCUT2D eigenvalue weighted by Gasteiger charge is -2.15. The highest BCUT2D eigenvalue weighted by molar-refractivity contribution is 5.82. The predicted octanol–water partition coefficient (Wildman–Crippen LogP) is 2.37. The Hall–Kier alpha value is -2.04. The van der Waals surface area contributed by atoms with Gasteiger partial charge in [-0.05, 0) is 55.7 Å². The zero-order chi connectivity index (χ0) is 15.7. The van der Waals surface area contributed by atoms with Crippen LogP contribution in [0.1, 0.15) is 37.8 Å². The van der Waals surface area contributed by atoms with E-state index in [1.165, 1.54) is 12.8 Å². The first-order valence-corrected chi connectivity index (χ1v) is 7.79. The molecule has 3 unspecified atom stereocenters. The summed E-state index contributed by atoms with van der Waals surface area (Å²) in [5, 5.41) is 11.6. The highest BCUT2D eigenvalue weighted by Gasteiger charge is 2.51. The lowest BCUT2D eigenvalue weighted by atomic mass is 10.1. The van der Waals surface area contributed by atoms with Crippen LogP contribution in [0.25, 0.3) is 0 Å². The van der Waals surface area contributed by atoms with Gasteiger partial charge in [-0.3, -0.25) is 4.79 Å². The van der Waals surface area contributed by atoms with Gasteiger partial charge < -0.3 is 15.2 Å². The van der Waals surface area contributed by atoms with Crippen LogP contribution >= 0.6 is 0 Å². The Morgan fingerprint density at radius 1 is 1.32 bits per heavy atom. The van der Waals surface area contributed by atoms with Gasteiger partial charge >= 0.3 is 5.97 Å². The first kappa shape index (κ1) is 14.9. The molecule has 5 nitrogen and oxygen atoms in total. The van der Waals surface area contributed by atoms with Gasteiger partial charge in [0.05, 0.1) is 6.04 Å². The van der Waals surface area contributed by atoms with Crippen molar-refractivity contribution in [3.8, 4) is 5.75 Å². The molecule has 2 N–H and O–H groups in total. The van der Waals surface area contributed by atoms with E-state index in [2.05, 4.69) is 5.32 Å². The number of aliphatic carboxylic acids is 1. The van der Waals surface area contributed by atoms with E-state index in [1.807, 2.05) is 19.1 Å². The summed E-state index contributed by atoms with van der Waals surface area (Å²) >= 11 is 0. The fraction of sp³-hybridized carbons (Fsp3) is 0.529. The molecule has 0 bridgehead atoms. The molecule has 2 saturated carbocycles. The van der Waals surface area contributed by atoms with Crippen molar-refractivity contribution in [3.63, 3.8) is 0 Å². The highest BCUT2D eigenvalue weighted by atomic mass is 16.5. The summed E-state index contributed by atoms with van der Waals surface area (Å²) in [6.45, 7) is 1.61. The molecule has 0 aliphatic heterocycles. The summed E-state index contributed by atoms with van der Waals surface area (Å²) in [5.41, 5.74) is 0.986. The van der Waals surface area contributed by atoms with E-state index in [-0.39, 0.29) is 24.5 Å². The second-order valence-electron chi connectivity index (χ2n) is 6.33. The van der Waals surface area contributed by atoms with Gasteiger partial charge in [-0.1, -0.05) is 12.1 Å². The molecular weight excluding hydrogens is 282 g/mol. The third-order valence-electron chi connectivity index (χ3n) is 4.51. The molecule has 1 amide bonds. The summed E-state index contributed by atoms with van der Waals surface area (Å²) in [6.07, 6.45) is 3.63. The van der Waals surface area contributed by atoms with Crippen molar-refractivity contribution < 1.29 is 19.4 Å². The third kappa shape index (κ3) is 3.59. The topological polar surface area (TPSA) is 75.6 Å². The van der Waals surface area contributed by atoms with Gasteiger partial charge in [0.1, 0.15) is 5.75 Å². The first-order valence-electron chi connectivity index (χ1n) is 7.79. The van der Waals surface area contributed by atoms with Crippen molar-refractivity contribution >= 4 is 11.9 Å². The van der Waals surface area contributed by atoms with Crippen LogP contribution < -0.4 is 10.1 Å². The van der Waals surface area contributed by atoms with E-state index in [1.54, 1.807) is 12.1 Å². The molecule has 0 saturated heterocycles. The normalized spacial score (nSPS) is 24.4. The van der Waals surface area contributed by atoms with E-state index in [0.29, 0.717) is 11.7 Å². The average molecular weight is 303 g/mol. The van der Waals surface area contributed by atoms with Crippen molar-refractivity contribution in [2.75, 3.05) is 6.61 Å². The predicted molar refractivity (Wildman–Crippen MR) is 80.5 cm³/mol. The van der Waals surface area contributed by atoms with Crippen LogP contribution in [0, 0.1) is 17.8 Å². The van der Waals surface area contributed by atoms with Gasteiger partial charge in [0.25, 0.3) is 0 Å². The quantitative estimate of drug-likeness (QED) is 0.811. The number of carboxylic acids is 1. The van der Waals surface area contributed by atoms with Crippen LogP contribution in [0.15, 0.2) is 24.3 Å². The summed E-state index contributed by atoms with van der Waals surface area (Å²) in [7, 11) is 0. The summed E-state index contributed by atoms with van der Waals surface area (Å²) in [4.78, 5) is 22.6. The average Bonchev–Trinajstić information content (AvgIpc) is 3.37. The van der Waals surface area contributed by atoms with E-state index < -0.39 is 5.97 Å². The van der Waals surface area contributed by atoms with Gasteiger partial charge in [0.2, 0.25) is 5.91 Å². The SMILES string of the molecule is CC(NC(=O)C1CC1C1CC1)c1ccc(OCC(=O)O)cc1. The molecule has 118 valence electrons. The van der Waals surface area contributed by atoms with Gasteiger partial charge in [0, 0.05) is 5.92 Å². The molecule has 2 fully saturated rings. The summed E-state index contributed by atoms with van der Waals surface area (Å²) in [6, 6.07) is 7.11. The van der Waals surface area contributed by atoms with Gasteiger partial charge in [0.15, 0.2) is 6.61 Å². The Labute approximate surface area is 129 Å². The largest absolute Gasteiger partial charge is 0.482 e. The molecular formula is C17H21NO4. The molecule has 5 heteroatoms. The molecule has 0 heterocycles. The zero-order valence-electron chi connectivity index (χ0n) is 12.6. The minimum absolute atomic E-state index is 0.0542. The number of benzene rings is 1. The van der Waals surface area contributed by atoms with Crippen molar-refractivity contribution in [3.05, 3.63) is 29.8 Å². The Balaban J connectivity index is 1.50. The van der Waals surface area contributed by atoms with Crippen LogP contribution in [0.5, 0.6) is 5.75 Å². The van der Waals surface area contributed by atoms with Crippen molar-refractivity contribution in [1.82, 2.24) is 5.32 Å². The van der Waals surface area contributed by atoms with Crippen molar-refractivity contribution in [1.29, 1.82) is 0 Å². The van der Waals surface area contributed by atoms with E-state index in [0.717, 1.165) is 17.9 Å². The molecule has 1 aromatic rings. The van der Waals surface area contributed by atoms with Crippen molar-refractivity contribution in [2.45, 2.75) is 32.2 Å². The number of nitrogens with one attached hydrogen (secondary N) is 1. The van der Waals surface area contributed by atoms with Gasteiger partial charge in [-0.2, -0.15) is 0 Å². The molecule has 0 radical (unpaired) electrons. The minimum Gasteiger partial charge on any atom is -0.482 e. The molecule has 2 aliphatic rings. The monoisotopic (exact) mass is 303 g/mol. The van der Waals surface area contributed by atoms with Crippen LogP contribution in [0.3, 0.4) is 0 Å². The third-order valence-corrected chi connectivity index (χ3v) is 4.51. The van der Waals surface area contributed by atoms with Crippen LogP contribution in [-0.2, 0) is 9.59 Å². The van der Waals surface area contributed by atoms with E-state index in [4.69, 9.17) is 9.84 Å². The molecule has 1 aromatic carbocycles. The second kappa shape index (κ2) is 5.99. The molecule has 3 rings (SSSR count). The number of rotatable bonds is 7. The lowest BCUT2D eigenvalue weighted by molar-refractivity contribution is -0.139. The maximum Gasteiger partial charge on any atom is 0.341 e. The number of amides is 1. The molecule has 0 aromatic heterocycles. The Morgan fingerprint density at radius 2 is 2.00 bits per heavy atom. The summed E-state index contributed by atoms with van der Waals surface area (Å²) < 4.78 is 5.09. The Bertz CT molecular complexity index is 565. The second-order valence-corrected chi connectivity index (χ2v) is 6.33. The number of carbonyl (C=O) groups excluding carboxylic acids is 1. The standard InChI is InChI=1S/C17H21NO4/c1-10(18-17(21)15-8-14(15)12-2-3-12)11-4-6-13(7-5-11)22-9-16(19)20/h4-7,10,12,14-15H,2-3,8-9H2,1H3,(H,18,21)(H,19,20). The minimum atomic E-state index is -1.00. The van der Waals surface area contributed by atoms with Gasteiger partial charge in [-0.15, -0.1) is 0 Å². The molecule has 22 heavy (non-hydrogen) atoms. The molecule has 3 atom stereocenters. The van der Waals surface area contributed by atoms with Gasteiger partial charge in [-0.25, -0.2) is 4.79 Å². The number of ether oxygens (including phenoxy) is 1. The highest BCUT2D eigenvalue weighted by Crippen LogP contribution is 2.54. The smallest absolute Gasteiger partial charge is 0.341 e. The van der Waals surface area contributed by atoms with E-state index in [9.17, 15) is 9.59 Å². The molecule has 2 aliphatic carbocycles. The maximum absolute atomic E-state index is 12.2. The number of carbonyl (C=O) groups is 2. The first-order chi connectivity index (χ1) is 10.5. The fourth-order valence-electron chi connectivity index (χ4n) is 2.96. The summed E-state index contributed by atoms with van der Waals surface area (Å²) in [5.74, 6) is 1.32.